The van der Waals surface area contributed by atoms with E-state index < -0.39 is 0 Å². The van der Waals surface area contributed by atoms with Gasteiger partial charge in [0.05, 0.1) is 0 Å². The highest BCUT2D eigenvalue weighted by Crippen LogP contribution is 2.35. The number of amides is 2. The third-order valence-electron chi connectivity index (χ3n) is 5.42. The van der Waals surface area contributed by atoms with Gasteiger partial charge in [-0.3, -0.25) is 0 Å². The van der Waals surface area contributed by atoms with Crippen molar-refractivity contribution in [2.45, 2.75) is 32.7 Å². The highest BCUT2D eigenvalue weighted by molar-refractivity contribution is 7.20. The molecule has 3 heterocycles. The number of ether oxygens (including phenoxy) is 1. The molecule has 9 nitrogen and oxygen atoms in total. The molecule has 1 aromatic carbocycles. The zero-order chi connectivity index (χ0) is 24.3. The van der Waals surface area contributed by atoms with Crippen molar-refractivity contribution in [3.63, 3.8) is 0 Å². The van der Waals surface area contributed by atoms with E-state index in [1.165, 1.54) is 23.5 Å². The number of urea groups is 1. The van der Waals surface area contributed by atoms with Crippen LogP contribution in [0.25, 0.3) is 16.2 Å². The lowest BCUT2D eigenvalue weighted by Gasteiger charge is -2.34. The molecule has 11 heteroatoms. The van der Waals surface area contributed by atoms with Gasteiger partial charge in [0.25, 0.3) is 0 Å². The molecular formula is C23H32FN7O2S. The number of nitrogens with zero attached hydrogens (tertiary/aromatic N) is 5. The number of piperazine rings is 1. The SMILES string of the molecule is COCCCNC(=O)N1CCN(c2nn3c(NC(C)(C)C)c(-c4cccc(F)c4)nc3s2)CC1. The van der Waals surface area contributed by atoms with E-state index in [2.05, 4.69) is 36.3 Å². The quantitative estimate of drug-likeness (QED) is 0.493. The second-order valence-corrected chi connectivity index (χ2v) is 10.3. The maximum atomic E-state index is 13.9. The lowest BCUT2D eigenvalue weighted by molar-refractivity contribution is 0.183. The van der Waals surface area contributed by atoms with Gasteiger partial charge in [0, 0.05) is 57.5 Å². The summed E-state index contributed by atoms with van der Waals surface area (Å²) in [6.07, 6.45) is 0.795. The summed E-state index contributed by atoms with van der Waals surface area (Å²) in [5.74, 6) is 0.439. The van der Waals surface area contributed by atoms with Crippen molar-refractivity contribution in [3.8, 4) is 11.3 Å². The number of hydrogen-bond acceptors (Lipinski definition) is 7. The number of rotatable bonds is 7. The number of carbonyl (C=O) groups excluding carboxylic acids is 1. The Balaban J connectivity index is 1.50. The summed E-state index contributed by atoms with van der Waals surface area (Å²) in [5, 5.41) is 12.1. The van der Waals surface area contributed by atoms with Gasteiger partial charge in [0.15, 0.2) is 5.82 Å². The number of benzene rings is 1. The highest BCUT2D eigenvalue weighted by Gasteiger charge is 2.26. The van der Waals surface area contributed by atoms with Crippen LogP contribution in [0, 0.1) is 5.82 Å². The third kappa shape index (κ3) is 5.58. The summed E-state index contributed by atoms with van der Waals surface area (Å²) in [6, 6.07) is 6.41. The number of fused-ring (bicyclic) bond motifs is 1. The Kier molecular flexibility index (Phi) is 7.22. The van der Waals surface area contributed by atoms with Crippen LogP contribution in [0.5, 0.6) is 0 Å². The number of aromatic nitrogens is 3. The van der Waals surface area contributed by atoms with Gasteiger partial charge in [0.1, 0.15) is 11.5 Å². The molecule has 34 heavy (non-hydrogen) atoms. The number of hydrogen-bond donors (Lipinski definition) is 2. The minimum Gasteiger partial charge on any atom is -0.385 e. The van der Waals surface area contributed by atoms with Crippen LogP contribution in [0.1, 0.15) is 27.2 Å². The fraction of sp³-hybridized carbons (Fsp3) is 0.522. The summed E-state index contributed by atoms with van der Waals surface area (Å²) >= 11 is 1.49. The van der Waals surface area contributed by atoms with E-state index in [1.807, 2.05) is 11.0 Å². The van der Waals surface area contributed by atoms with Gasteiger partial charge in [-0.05, 0) is 39.3 Å². The molecule has 0 bridgehead atoms. The van der Waals surface area contributed by atoms with Crippen molar-refractivity contribution in [1.82, 2.24) is 24.8 Å². The van der Waals surface area contributed by atoms with E-state index in [0.29, 0.717) is 50.6 Å². The average molecular weight is 490 g/mol. The fourth-order valence-electron chi connectivity index (χ4n) is 3.80. The second-order valence-electron chi connectivity index (χ2n) is 9.33. The Morgan fingerprint density at radius 3 is 2.68 bits per heavy atom. The summed E-state index contributed by atoms with van der Waals surface area (Å²) in [7, 11) is 1.65. The Morgan fingerprint density at radius 1 is 1.24 bits per heavy atom. The molecule has 0 unspecified atom stereocenters. The molecule has 2 N–H and O–H groups in total. The van der Waals surface area contributed by atoms with Crippen molar-refractivity contribution in [3.05, 3.63) is 30.1 Å². The van der Waals surface area contributed by atoms with Crippen molar-refractivity contribution < 1.29 is 13.9 Å². The minimum atomic E-state index is -0.301. The Bertz CT molecular complexity index is 1130. The van der Waals surface area contributed by atoms with E-state index in [1.54, 1.807) is 17.7 Å². The van der Waals surface area contributed by atoms with Gasteiger partial charge >= 0.3 is 6.03 Å². The molecule has 4 rings (SSSR count). The van der Waals surface area contributed by atoms with Crippen LogP contribution in [0.15, 0.2) is 24.3 Å². The number of methoxy groups -OCH3 is 1. The monoisotopic (exact) mass is 489 g/mol. The Morgan fingerprint density at radius 2 is 2.00 bits per heavy atom. The molecule has 0 aliphatic carbocycles. The molecule has 0 saturated carbocycles. The number of nitrogens with one attached hydrogen (secondary N) is 2. The normalized spacial score (nSPS) is 14.6. The van der Waals surface area contributed by atoms with E-state index >= 15 is 0 Å². The first-order valence-corrected chi connectivity index (χ1v) is 12.3. The Labute approximate surface area is 202 Å². The number of carbonyl (C=O) groups is 1. The molecule has 184 valence electrons. The summed E-state index contributed by atoms with van der Waals surface area (Å²) in [5.41, 5.74) is 1.15. The first kappa shape index (κ1) is 24.2. The van der Waals surface area contributed by atoms with Crippen molar-refractivity contribution >= 4 is 33.3 Å². The predicted octanol–water partition coefficient (Wildman–Crippen LogP) is 3.68. The van der Waals surface area contributed by atoms with Crippen molar-refractivity contribution in [2.24, 2.45) is 0 Å². The van der Waals surface area contributed by atoms with E-state index in [0.717, 1.165) is 22.3 Å². The molecule has 2 aromatic heterocycles. The summed E-state index contributed by atoms with van der Waals surface area (Å²) < 4.78 is 20.7. The number of anilines is 2. The summed E-state index contributed by atoms with van der Waals surface area (Å²) in [6.45, 7) is 10.1. The van der Waals surface area contributed by atoms with Crippen LogP contribution in [0.2, 0.25) is 0 Å². The molecule has 3 aromatic rings. The van der Waals surface area contributed by atoms with E-state index in [9.17, 15) is 9.18 Å². The average Bonchev–Trinajstić information content (AvgIpc) is 3.35. The molecule has 1 fully saturated rings. The van der Waals surface area contributed by atoms with Gasteiger partial charge in [0.2, 0.25) is 10.1 Å². The van der Waals surface area contributed by atoms with Crippen molar-refractivity contribution in [1.29, 1.82) is 0 Å². The molecule has 0 atom stereocenters. The maximum Gasteiger partial charge on any atom is 0.317 e. The summed E-state index contributed by atoms with van der Waals surface area (Å²) in [4.78, 5) is 21.9. The van der Waals surface area contributed by atoms with Crippen LogP contribution in [0.4, 0.5) is 20.1 Å². The van der Waals surface area contributed by atoms with Crippen LogP contribution in [-0.4, -0.2) is 77.5 Å². The first-order chi connectivity index (χ1) is 16.2. The maximum absolute atomic E-state index is 13.9. The standard InChI is InChI=1S/C23H32FN7O2S/c1-23(2,3)27-19-18(16-7-5-8-17(24)15-16)26-21-31(19)28-22(34-21)30-12-10-29(11-13-30)20(32)25-9-6-14-33-4/h5,7-8,15,27H,6,9-14H2,1-4H3,(H,25,32). The highest BCUT2D eigenvalue weighted by atomic mass is 32.1. The topological polar surface area (TPSA) is 87.0 Å². The fourth-order valence-corrected chi connectivity index (χ4v) is 4.75. The third-order valence-corrected chi connectivity index (χ3v) is 6.39. The Hall–Kier alpha value is -2.92. The lowest BCUT2D eigenvalue weighted by atomic mass is 10.1. The second kappa shape index (κ2) is 10.1. The molecule has 1 aliphatic heterocycles. The smallest absolute Gasteiger partial charge is 0.317 e. The molecule has 0 spiro atoms. The number of imidazole rings is 1. The minimum absolute atomic E-state index is 0.0407. The van der Waals surface area contributed by atoms with E-state index in [4.69, 9.17) is 14.8 Å². The van der Waals surface area contributed by atoms with Crippen molar-refractivity contribution in [2.75, 3.05) is 56.7 Å². The zero-order valence-corrected chi connectivity index (χ0v) is 20.9. The molecular weight excluding hydrogens is 457 g/mol. The molecule has 1 saturated heterocycles. The number of halogens is 1. The van der Waals surface area contributed by atoms with Crippen LogP contribution >= 0.6 is 11.3 Å². The van der Waals surface area contributed by atoms with Crippen LogP contribution in [0.3, 0.4) is 0 Å². The van der Waals surface area contributed by atoms with Gasteiger partial charge < -0.3 is 25.2 Å². The van der Waals surface area contributed by atoms with Gasteiger partial charge in [-0.25, -0.2) is 14.2 Å². The molecule has 2 amide bonds. The molecule has 1 aliphatic rings. The van der Waals surface area contributed by atoms with Gasteiger partial charge in [-0.15, -0.1) is 5.10 Å². The zero-order valence-electron chi connectivity index (χ0n) is 20.1. The predicted molar refractivity (Wildman–Crippen MR) is 133 cm³/mol. The largest absolute Gasteiger partial charge is 0.385 e. The van der Waals surface area contributed by atoms with Crippen LogP contribution in [-0.2, 0) is 4.74 Å². The van der Waals surface area contributed by atoms with Gasteiger partial charge in [-0.2, -0.15) is 4.52 Å². The van der Waals surface area contributed by atoms with Crippen LogP contribution < -0.4 is 15.5 Å². The lowest BCUT2D eigenvalue weighted by Crippen LogP contribution is -2.52. The molecule has 0 radical (unpaired) electrons. The first-order valence-electron chi connectivity index (χ1n) is 11.5. The van der Waals surface area contributed by atoms with E-state index in [-0.39, 0.29) is 17.4 Å². The van der Waals surface area contributed by atoms with Gasteiger partial charge in [-0.1, -0.05) is 23.5 Å².